The van der Waals surface area contributed by atoms with Crippen LogP contribution < -0.4 is 5.32 Å². The second-order valence-electron chi connectivity index (χ2n) is 9.12. The van der Waals surface area contributed by atoms with Crippen LogP contribution >= 0.6 is 0 Å². The molecule has 5 rings (SSSR count). The molecule has 8 heteroatoms. The zero-order valence-electron chi connectivity index (χ0n) is 20.1. The Morgan fingerprint density at radius 2 is 1.72 bits per heavy atom. The number of aromatic nitrogens is 3. The van der Waals surface area contributed by atoms with E-state index < -0.39 is 11.6 Å². The Morgan fingerprint density at radius 3 is 2.42 bits per heavy atom. The predicted octanol–water partition coefficient (Wildman–Crippen LogP) is 5.13. The summed E-state index contributed by atoms with van der Waals surface area (Å²) in [4.78, 5) is 27.8. The highest BCUT2D eigenvalue weighted by atomic mass is 19.1. The van der Waals surface area contributed by atoms with Crippen LogP contribution in [0.3, 0.4) is 0 Å². The van der Waals surface area contributed by atoms with Crippen molar-refractivity contribution < 1.29 is 13.9 Å². The number of rotatable bonds is 6. The lowest BCUT2D eigenvalue weighted by Crippen LogP contribution is -2.53. The molecular formula is C28H28FN5O2. The van der Waals surface area contributed by atoms with Crippen molar-refractivity contribution >= 4 is 6.09 Å². The average Bonchev–Trinajstić information content (AvgIpc) is 3.37. The number of carbonyl (C=O) groups excluding carboxylic acids is 1. The van der Waals surface area contributed by atoms with Gasteiger partial charge in [0.1, 0.15) is 23.8 Å². The van der Waals surface area contributed by atoms with Crippen molar-refractivity contribution in [3.63, 3.8) is 0 Å². The monoisotopic (exact) mass is 485 g/mol. The fraction of sp³-hybridized carbons (Fsp3) is 0.250. The number of carbonyl (C=O) groups is 1. The molecule has 0 atom stereocenters. The van der Waals surface area contributed by atoms with Crippen molar-refractivity contribution in [1.82, 2.24) is 25.2 Å². The molecule has 7 nitrogen and oxygen atoms in total. The van der Waals surface area contributed by atoms with Gasteiger partial charge in [-0.05, 0) is 61.9 Å². The van der Waals surface area contributed by atoms with Crippen molar-refractivity contribution in [2.24, 2.45) is 0 Å². The van der Waals surface area contributed by atoms with Crippen molar-refractivity contribution in [2.45, 2.75) is 25.0 Å². The van der Waals surface area contributed by atoms with Crippen molar-refractivity contribution in [3.8, 4) is 22.5 Å². The Balaban J connectivity index is 1.50. The zero-order chi connectivity index (χ0) is 25.0. The van der Waals surface area contributed by atoms with Crippen LogP contribution in [0.15, 0.2) is 79.1 Å². The van der Waals surface area contributed by atoms with E-state index in [2.05, 4.69) is 27.2 Å². The molecule has 2 N–H and O–H groups in total. The third-order valence-corrected chi connectivity index (χ3v) is 6.64. The maximum atomic E-state index is 13.7. The van der Waals surface area contributed by atoms with Crippen LogP contribution in [0.1, 0.15) is 24.2 Å². The van der Waals surface area contributed by atoms with Crippen molar-refractivity contribution in [1.29, 1.82) is 0 Å². The van der Waals surface area contributed by atoms with Gasteiger partial charge in [-0.25, -0.2) is 14.2 Å². The third kappa shape index (κ3) is 5.13. The highest BCUT2D eigenvalue weighted by molar-refractivity contribution is 5.78. The van der Waals surface area contributed by atoms with E-state index in [1.807, 2.05) is 42.5 Å². The highest BCUT2D eigenvalue weighted by Gasteiger charge is 2.41. The Kier molecular flexibility index (Phi) is 6.77. The predicted molar refractivity (Wildman–Crippen MR) is 135 cm³/mol. The van der Waals surface area contributed by atoms with E-state index in [0.717, 1.165) is 35.5 Å². The summed E-state index contributed by atoms with van der Waals surface area (Å²) in [5.74, 6) is 0.341. The van der Waals surface area contributed by atoms with Gasteiger partial charge in [0, 0.05) is 36.6 Å². The quantitative estimate of drug-likeness (QED) is 0.396. The fourth-order valence-electron chi connectivity index (χ4n) is 4.52. The van der Waals surface area contributed by atoms with Crippen LogP contribution in [0.4, 0.5) is 9.18 Å². The number of halogens is 1. The standard InChI is InChI=1S/C28H28FN5O2/c1-34-17-13-28(14-18-34,33-27(35)36-19-20-5-3-2-4-6-20)26-31-24(21-7-9-23(29)10-8-21)25(32-26)22-11-15-30-16-12-22/h2-12,15-16H,13-14,17-19H2,1H3,(H,31,32)(H,33,35). The van der Waals surface area contributed by atoms with E-state index in [1.165, 1.54) is 12.1 Å². The second-order valence-corrected chi connectivity index (χ2v) is 9.12. The van der Waals surface area contributed by atoms with E-state index in [1.54, 1.807) is 24.5 Å². The fourth-order valence-corrected chi connectivity index (χ4v) is 4.52. The lowest BCUT2D eigenvalue weighted by Gasteiger charge is -2.39. The number of hydrogen-bond acceptors (Lipinski definition) is 5. The SMILES string of the molecule is CN1CCC(NC(=O)OCc2ccccc2)(c2nc(-c3ccc(F)cc3)c(-c3ccncc3)[nH]2)CC1. The molecule has 1 amide bonds. The maximum absolute atomic E-state index is 13.7. The lowest BCUT2D eigenvalue weighted by atomic mass is 9.87. The first-order valence-electron chi connectivity index (χ1n) is 12.0. The van der Waals surface area contributed by atoms with Gasteiger partial charge in [-0.3, -0.25) is 4.98 Å². The molecular weight excluding hydrogens is 457 g/mol. The lowest BCUT2D eigenvalue weighted by molar-refractivity contribution is 0.102. The van der Waals surface area contributed by atoms with E-state index in [-0.39, 0.29) is 12.4 Å². The van der Waals surface area contributed by atoms with Gasteiger partial charge in [0.15, 0.2) is 0 Å². The van der Waals surface area contributed by atoms with Gasteiger partial charge in [0.25, 0.3) is 0 Å². The van der Waals surface area contributed by atoms with E-state index in [9.17, 15) is 9.18 Å². The van der Waals surface area contributed by atoms with Gasteiger partial charge in [-0.15, -0.1) is 0 Å². The van der Waals surface area contributed by atoms with Crippen LogP contribution in [-0.4, -0.2) is 46.1 Å². The van der Waals surface area contributed by atoms with E-state index in [4.69, 9.17) is 9.72 Å². The summed E-state index contributed by atoms with van der Waals surface area (Å²) in [6, 6.07) is 19.6. The number of hydrogen-bond donors (Lipinski definition) is 2. The number of imidazole rings is 1. The number of aromatic amines is 1. The van der Waals surface area contributed by atoms with Gasteiger partial charge < -0.3 is 19.9 Å². The van der Waals surface area contributed by atoms with Crippen LogP contribution in [-0.2, 0) is 16.9 Å². The molecule has 0 unspecified atom stereocenters. The topological polar surface area (TPSA) is 83.1 Å². The first-order valence-corrected chi connectivity index (χ1v) is 12.0. The molecule has 1 aliphatic rings. The first-order chi connectivity index (χ1) is 17.5. The number of amides is 1. The van der Waals surface area contributed by atoms with Gasteiger partial charge in [-0.1, -0.05) is 30.3 Å². The number of nitrogens with one attached hydrogen (secondary N) is 2. The first kappa shape index (κ1) is 23.7. The number of likely N-dealkylation sites (tertiary alicyclic amines) is 1. The molecule has 1 aliphatic heterocycles. The summed E-state index contributed by atoms with van der Waals surface area (Å²) in [7, 11) is 2.06. The largest absolute Gasteiger partial charge is 0.445 e. The summed E-state index contributed by atoms with van der Waals surface area (Å²) in [5.41, 5.74) is 3.34. The summed E-state index contributed by atoms with van der Waals surface area (Å²) in [6.45, 7) is 1.76. The van der Waals surface area contributed by atoms with Crippen molar-refractivity contribution in [3.05, 3.63) is 96.3 Å². The van der Waals surface area contributed by atoms with Crippen LogP contribution in [0.25, 0.3) is 22.5 Å². The number of alkyl carbamates (subject to hydrolysis) is 1. The van der Waals surface area contributed by atoms with Crippen LogP contribution in [0.5, 0.6) is 0 Å². The molecule has 0 radical (unpaired) electrons. The second kappa shape index (κ2) is 10.3. The Labute approximate surface area is 209 Å². The van der Waals surface area contributed by atoms with Crippen molar-refractivity contribution in [2.75, 3.05) is 20.1 Å². The normalized spacial score (nSPS) is 15.4. The maximum Gasteiger partial charge on any atom is 0.408 e. The number of nitrogens with zero attached hydrogens (tertiary/aromatic N) is 3. The molecule has 0 spiro atoms. The minimum absolute atomic E-state index is 0.184. The summed E-state index contributed by atoms with van der Waals surface area (Å²) in [6.07, 6.45) is 4.27. The molecule has 2 aromatic heterocycles. The van der Waals surface area contributed by atoms with Gasteiger partial charge >= 0.3 is 6.09 Å². The Bertz CT molecular complexity index is 1300. The molecule has 2 aromatic carbocycles. The summed E-state index contributed by atoms with van der Waals surface area (Å²) in [5, 5.41) is 3.14. The molecule has 1 fully saturated rings. The highest BCUT2D eigenvalue weighted by Crippen LogP contribution is 2.37. The molecule has 0 saturated carbocycles. The summed E-state index contributed by atoms with van der Waals surface area (Å²) >= 11 is 0. The third-order valence-electron chi connectivity index (χ3n) is 6.64. The molecule has 36 heavy (non-hydrogen) atoms. The number of pyridine rings is 1. The van der Waals surface area contributed by atoms with E-state index >= 15 is 0 Å². The Hall–Kier alpha value is -4.04. The minimum atomic E-state index is -0.736. The molecule has 184 valence electrons. The van der Waals surface area contributed by atoms with Crippen LogP contribution in [0, 0.1) is 5.82 Å². The Morgan fingerprint density at radius 1 is 1.03 bits per heavy atom. The summed E-state index contributed by atoms with van der Waals surface area (Å²) < 4.78 is 19.2. The number of piperidine rings is 1. The van der Waals surface area contributed by atoms with Crippen LogP contribution in [0.2, 0.25) is 0 Å². The van der Waals surface area contributed by atoms with Gasteiger partial charge in [0.2, 0.25) is 0 Å². The molecule has 0 bridgehead atoms. The number of ether oxygens (including phenoxy) is 1. The molecule has 3 heterocycles. The number of H-pyrrole nitrogens is 1. The smallest absolute Gasteiger partial charge is 0.408 e. The van der Waals surface area contributed by atoms with E-state index in [0.29, 0.717) is 24.4 Å². The van der Waals surface area contributed by atoms with Gasteiger partial charge in [-0.2, -0.15) is 0 Å². The minimum Gasteiger partial charge on any atom is -0.445 e. The zero-order valence-corrected chi connectivity index (χ0v) is 20.1. The molecule has 0 aliphatic carbocycles. The molecule has 4 aromatic rings. The average molecular weight is 486 g/mol. The van der Waals surface area contributed by atoms with Gasteiger partial charge in [0.05, 0.1) is 11.4 Å². The number of benzene rings is 2. The molecule has 1 saturated heterocycles.